The molecule has 0 bridgehead atoms. The first-order valence-corrected chi connectivity index (χ1v) is 9.50. The van der Waals surface area contributed by atoms with Gasteiger partial charge in [0.25, 0.3) is 0 Å². The number of hydrogen-bond acceptors (Lipinski definition) is 3. The fourth-order valence-electron chi connectivity index (χ4n) is 2.88. The van der Waals surface area contributed by atoms with Gasteiger partial charge in [0.05, 0.1) is 6.10 Å². The summed E-state index contributed by atoms with van der Waals surface area (Å²) in [5, 5.41) is 6.49. The molecule has 6 nitrogen and oxygen atoms in total. The molecule has 0 aromatic carbocycles. The van der Waals surface area contributed by atoms with E-state index in [0.29, 0.717) is 18.9 Å². The number of ether oxygens (including phenoxy) is 1. The minimum absolute atomic E-state index is 0. The molecule has 1 unspecified atom stereocenters. The fourth-order valence-corrected chi connectivity index (χ4v) is 2.88. The van der Waals surface area contributed by atoms with E-state index in [1.165, 1.54) is 0 Å². The first-order valence-electron chi connectivity index (χ1n) is 9.50. The third kappa shape index (κ3) is 10.2. The molecule has 0 aromatic rings. The highest BCUT2D eigenvalue weighted by Gasteiger charge is 2.17. The van der Waals surface area contributed by atoms with Gasteiger partial charge in [-0.15, -0.1) is 24.0 Å². The van der Waals surface area contributed by atoms with Gasteiger partial charge in [-0.1, -0.05) is 13.8 Å². The summed E-state index contributed by atoms with van der Waals surface area (Å²) in [5.74, 6) is 1.52. The Bertz CT molecular complexity index is 385. The number of likely N-dealkylation sites (tertiary alicyclic amines) is 1. The number of guanidine groups is 1. The molecule has 0 radical (unpaired) electrons. The number of amides is 1. The number of aliphatic imine (C=N–C) groups is 1. The normalized spacial score (nSPS) is 15.9. The minimum Gasteiger partial charge on any atom is -0.378 e. The summed E-state index contributed by atoms with van der Waals surface area (Å²) in [6, 6.07) is 0. The Balaban J connectivity index is 0.00000576. The SMILES string of the molecule is CCNC(=NCCC(OCC)C(C)C)NCCC(=O)N1CCCC1.I. The second kappa shape index (κ2) is 14.6. The van der Waals surface area contributed by atoms with Crippen LogP contribution in [0, 0.1) is 5.92 Å². The lowest BCUT2D eigenvalue weighted by Gasteiger charge is -2.20. The van der Waals surface area contributed by atoms with Gasteiger partial charge < -0.3 is 20.3 Å². The Hall–Kier alpha value is -0.570. The third-order valence-electron chi connectivity index (χ3n) is 4.24. The van der Waals surface area contributed by atoms with Gasteiger partial charge in [0.1, 0.15) is 0 Å². The van der Waals surface area contributed by atoms with E-state index < -0.39 is 0 Å². The number of halogens is 1. The van der Waals surface area contributed by atoms with Crippen LogP contribution >= 0.6 is 24.0 Å². The van der Waals surface area contributed by atoms with Gasteiger partial charge in [0.2, 0.25) is 5.91 Å². The van der Waals surface area contributed by atoms with Gasteiger partial charge in [0.15, 0.2) is 5.96 Å². The molecule has 0 saturated carbocycles. The van der Waals surface area contributed by atoms with Crippen LogP contribution in [0.4, 0.5) is 0 Å². The Morgan fingerprint density at radius 1 is 1.20 bits per heavy atom. The van der Waals surface area contributed by atoms with Crippen molar-refractivity contribution >= 4 is 35.8 Å². The molecule has 25 heavy (non-hydrogen) atoms. The van der Waals surface area contributed by atoms with Crippen LogP contribution in [0.2, 0.25) is 0 Å². The van der Waals surface area contributed by atoms with Gasteiger partial charge in [-0.05, 0) is 39.0 Å². The number of carbonyl (C=O) groups excluding carboxylic acids is 1. The molecule has 1 aliphatic heterocycles. The van der Waals surface area contributed by atoms with Crippen molar-refractivity contribution in [1.82, 2.24) is 15.5 Å². The standard InChI is InChI=1S/C18H36N4O2.HI/c1-5-19-18(20-11-9-16(15(3)4)24-6-2)21-12-10-17(23)22-13-7-8-14-22;/h15-16H,5-14H2,1-4H3,(H2,19,20,21);1H. The second-order valence-corrected chi connectivity index (χ2v) is 6.55. The molecular weight excluding hydrogens is 431 g/mol. The van der Waals surface area contributed by atoms with Crippen LogP contribution in [-0.2, 0) is 9.53 Å². The number of hydrogen-bond donors (Lipinski definition) is 2. The molecule has 7 heteroatoms. The summed E-state index contributed by atoms with van der Waals surface area (Å²) in [5.41, 5.74) is 0. The molecule has 1 aliphatic rings. The van der Waals surface area contributed by atoms with Crippen molar-refractivity contribution in [1.29, 1.82) is 0 Å². The molecule has 1 rings (SSSR count). The molecule has 2 N–H and O–H groups in total. The largest absolute Gasteiger partial charge is 0.378 e. The lowest BCUT2D eigenvalue weighted by molar-refractivity contribution is -0.129. The predicted molar refractivity (Wildman–Crippen MR) is 115 cm³/mol. The fraction of sp³-hybridized carbons (Fsp3) is 0.889. The van der Waals surface area contributed by atoms with E-state index in [-0.39, 0.29) is 36.0 Å². The average Bonchev–Trinajstić information content (AvgIpc) is 3.08. The summed E-state index contributed by atoms with van der Waals surface area (Å²) in [4.78, 5) is 18.6. The van der Waals surface area contributed by atoms with E-state index in [1.807, 2.05) is 18.7 Å². The summed E-state index contributed by atoms with van der Waals surface area (Å²) >= 11 is 0. The molecular formula is C18H37IN4O2. The minimum atomic E-state index is 0. The van der Waals surface area contributed by atoms with Gasteiger partial charge in [-0.3, -0.25) is 9.79 Å². The first-order chi connectivity index (χ1) is 11.6. The van der Waals surface area contributed by atoms with Crippen LogP contribution in [0.5, 0.6) is 0 Å². The summed E-state index contributed by atoms with van der Waals surface area (Å²) in [7, 11) is 0. The van der Waals surface area contributed by atoms with E-state index >= 15 is 0 Å². The third-order valence-corrected chi connectivity index (χ3v) is 4.24. The Kier molecular flexibility index (Phi) is 14.3. The van der Waals surface area contributed by atoms with Crippen molar-refractivity contribution in [3.05, 3.63) is 0 Å². The number of nitrogens with one attached hydrogen (secondary N) is 2. The number of carbonyl (C=O) groups is 1. The van der Waals surface area contributed by atoms with Gasteiger partial charge in [0, 0.05) is 45.8 Å². The Morgan fingerprint density at radius 3 is 2.44 bits per heavy atom. The van der Waals surface area contributed by atoms with Crippen molar-refractivity contribution in [2.75, 3.05) is 39.3 Å². The van der Waals surface area contributed by atoms with Crippen molar-refractivity contribution < 1.29 is 9.53 Å². The van der Waals surface area contributed by atoms with Crippen molar-refractivity contribution in [2.24, 2.45) is 10.9 Å². The highest BCUT2D eigenvalue weighted by Crippen LogP contribution is 2.11. The molecule has 0 aliphatic carbocycles. The topological polar surface area (TPSA) is 66.0 Å². The Labute approximate surface area is 170 Å². The van der Waals surface area contributed by atoms with Crippen LogP contribution < -0.4 is 10.6 Å². The molecule has 0 spiro atoms. The van der Waals surface area contributed by atoms with Crippen LogP contribution in [0.3, 0.4) is 0 Å². The zero-order chi connectivity index (χ0) is 17.8. The molecule has 1 heterocycles. The average molecular weight is 468 g/mol. The second-order valence-electron chi connectivity index (χ2n) is 6.55. The summed E-state index contributed by atoms with van der Waals surface area (Å²) in [6.45, 7) is 13.2. The van der Waals surface area contributed by atoms with Gasteiger partial charge >= 0.3 is 0 Å². The van der Waals surface area contributed by atoms with E-state index in [2.05, 4.69) is 29.5 Å². The zero-order valence-corrected chi connectivity index (χ0v) is 18.7. The predicted octanol–water partition coefficient (Wildman–Crippen LogP) is 2.62. The molecule has 1 atom stereocenters. The maximum Gasteiger partial charge on any atom is 0.224 e. The molecule has 148 valence electrons. The molecule has 1 saturated heterocycles. The van der Waals surface area contributed by atoms with Crippen molar-refractivity contribution in [2.45, 2.75) is 59.5 Å². The van der Waals surface area contributed by atoms with Gasteiger partial charge in [-0.25, -0.2) is 0 Å². The number of rotatable bonds is 10. The monoisotopic (exact) mass is 468 g/mol. The van der Waals surface area contributed by atoms with Crippen molar-refractivity contribution in [3.8, 4) is 0 Å². The van der Waals surface area contributed by atoms with E-state index in [0.717, 1.165) is 58.0 Å². The van der Waals surface area contributed by atoms with Crippen molar-refractivity contribution in [3.63, 3.8) is 0 Å². The quantitative estimate of drug-likeness (QED) is 0.294. The van der Waals surface area contributed by atoms with Crippen LogP contribution in [0.1, 0.15) is 53.4 Å². The lowest BCUT2D eigenvalue weighted by Crippen LogP contribution is -2.40. The zero-order valence-electron chi connectivity index (χ0n) is 16.3. The van der Waals surface area contributed by atoms with Crippen LogP contribution in [0.15, 0.2) is 4.99 Å². The molecule has 1 fully saturated rings. The van der Waals surface area contributed by atoms with E-state index in [9.17, 15) is 4.79 Å². The highest BCUT2D eigenvalue weighted by molar-refractivity contribution is 14.0. The summed E-state index contributed by atoms with van der Waals surface area (Å²) in [6.07, 6.45) is 3.96. The molecule has 1 amide bonds. The van der Waals surface area contributed by atoms with Crippen LogP contribution in [-0.4, -0.2) is 62.2 Å². The molecule has 0 aromatic heterocycles. The lowest BCUT2D eigenvalue weighted by atomic mass is 10.0. The van der Waals surface area contributed by atoms with Crippen LogP contribution in [0.25, 0.3) is 0 Å². The Morgan fingerprint density at radius 2 is 1.88 bits per heavy atom. The van der Waals surface area contributed by atoms with E-state index in [4.69, 9.17) is 4.74 Å². The highest BCUT2D eigenvalue weighted by atomic mass is 127. The number of nitrogens with zero attached hydrogens (tertiary/aromatic N) is 2. The smallest absolute Gasteiger partial charge is 0.224 e. The van der Waals surface area contributed by atoms with Gasteiger partial charge in [-0.2, -0.15) is 0 Å². The first kappa shape index (κ1) is 24.4. The maximum atomic E-state index is 12.0. The summed E-state index contributed by atoms with van der Waals surface area (Å²) < 4.78 is 5.75. The van der Waals surface area contributed by atoms with E-state index in [1.54, 1.807) is 0 Å². The maximum absolute atomic E-state index is 12.0.